The molecule has 0 unspecified atom stereocenters. The molecule has 4 rings (SSSR count). The van der Waals surface area contributed by atoms with Gasteiger partial charge in [0.2, 0.25) is 0 Å². The van der Waals surface area contributed by atoms with E-state index in [1.54, 1.807) is 0 Å². The second-order valence-electron chi connectivity index (χ2n) is 7.68. The van der Waals surface area contributed by atoms with E-state index in [0.29, 0.717) is 6.04 Å². The summed E-state index contributed by atoms with van der Waals surface area (Å²) in [4.78, 5) is 16.9. The van der Waals surface area contributed by atoms with Crippen molar-refractivity contribution >= 4 is 24.1 Å². The summed E-state index contributed by atoms with van der Waals surface area (Å²) in [6.07, 6.45) is 7.28. The predicted molar refractivity (Wildman–Crippen MR) is 108 cm³/mol. The van der Waals surface area contributed by atoms with Gasteiger partial charge in [0, 0.05) is 51.0 Å². The zero-order valence-electron chi connectivity index (χ0n) is 15.5. The number of hydrogen-bond donors (Lipinski definition) is 2. The molecule has 2 aliphatic heterocycles. The Kier molecular flexibility index (Phi) is 6.65. The third-order valence-electron chi connectivity index (χ3n) is 5.92. The lowest BCUT2D eigenvalue weighted by Crippen LogP contribution is -2.53. The van der Waals surface area contributed by atoms with Gasteiger partial charge in [-0.05, 0) is 30.4 Å². The Morgan fingerprint density at radius 1 is 1.12 bits per heavy atom. The van der Waals surface area contributed by atoms with Gasteiger partial charge in [0.05, 0.1) is 0 Å². The summed E-state index contributed by atoms with van der Waals surface area (Å²) < 4.78 is 0. The third kappa shape index (κ3) is 4.44. The first kappa shape index (κ1) is 19.3. The predicted octanol–water partition coefficient (Wildman–Crippen LogP) is 3.24. The van der Waals surface area contributed by atoms with Crippen LogP contribution in [0.5, 0.6) is 0 Å². The van der Waals surface area contributed by atoms with Gasteiger partial charge in [0.25, 0.3) is 0 Å². The summed E-state index contributed by atoms with van der Waals surface area (Å²) in [7, 11) is 0. The molecule has 0 radical (unpaired) electrons. The van der Waals surface area contributed by atoms with Crippen LogP contribution in [-0.4, -0.2) is 54.6 Å². The standard InChI is InChI=1S/C20H30N4O.ClH/c25-20(22-18-7-2-1-3-8-18)24-13-11-23(12-14-24)15-17-6-4-5-16-9-10-21-19(16)17;/h4-6,18,21H,1-3,7-15H2,(H,22,25);1H. The fraction of sp³-hybridized carbons (Fsp3) is 0.650. The van der Waals surface area contributed by atoms with Crippen molar-refractivity contribution in [3.8, 4) is 0 Å². The first-order valence-corrected chi connectivity index (χ1v) is 9.92. The van der Waals surface area contributed by atoms with Crippen LogP contribution in [0.1, 0.15) is 43.2 Å². The number of fused-ring (bicyclic) bond motifs is 1. The molecule has 1 saturated carbocycles. The molecule has 1 saturated heterocycles. The van der Waals surface area contributed by atoms with Crippen LogP contribution < -0.4 is 10.6 Å². The molecule has 144 valence electrons. The van der Waals surface area contributed by atoms with E-state index in [1.165, 1.54) is 36.1 Å². The molecule has 1 aromatic rings. The van der Waals surface area contributed by atoms with Gasteiger partial charge >= 0.3 is 6.03 Å². The minimum atomic E-state index is 0. The van der Waals surface area contributed by atoms with Gasteiger partial charge in [-0.15, -0.1) is 12.4 Å². The monoisotopic (exact) mass is 378 g/mol. The minimum absolute atomic E-state index is 0. The molecule has 2 fully saturated rings. The van der Waals surface area contributed by atoms with Crippen molar-refractivity contribution in [3.63, 3.8) is 0 Å². The zero-order chi connectivity index (χ0) is 17.1. The summed E-state index contributed by atoms with van der Waals surface area (Å²) in [6, 6.07) is 7.19. The van der Waals surface area contributed by atoms with Crippen LogP contribution in [0.25, 0.3) is 0 Å². The maximum atomic E-state index is 12.5. The van der Waals surface area contributed by atoms with E-state index in [4.69, 9.17) is 0 Å². The molecule has 2 heterocycles. The average Bonchev–Trinajstić information content (AvgIpc) is 3.13. The van der Waals surface area contributed by atoms with Gasteiger partial charge in [-0.1, -0.05) is 37.5 Å². The van der Waals surface area contributed by atoms with Crippen molar-refractivity contribution in [2.75, 3.05) is 38.0 Å². The highest BCUT2D eigenvalue weighted by molar-refractivity contribution is 5.85. The maximum absolute atomic E-state index is 12.5. The van der Waals surface area contributed by atoms with Gasteiger partial charge in [-0.2, -0.15) is 0 Å². The maximum Gasteiger partial charge on any atom is 0.317 e. The van der Waals surface area contributed by atoms with E-state index >= 15 is 0 Å². The number of anilines is 1. The number of carbonyl (C=O) groups excluding carboxylic acids is 1. The van der Waals surface area contributed by atoms with Crippen LogP contribution in [0, 0.1) is 0 Å². The first-order chi connectivity index (χ1) is 12.3. The number of nitrogens with one attached hydrogen (secondary N) is 2. The topological polar surface area (TPSA) is 47.6 Å². The molecular formula is C20H31ClN4O. The number of piperazine rings is 1. The van der Waals surface area contributed by atoms with Crippen LogP contribution in [0.4, 0.5) is 10.5 Å². The number of nitrogens with zero attached hydrogens (tertiary/aromatic N) is 2. The number of hydrogen-bond acceptors (Lipinski definition) is 3. The van der Waals surface area contributed by atoms with Gasteiger partial charge < -0.3 is 15.5 Å². The lowest BCUT2D eigenvalue weighted by Gasteiger charge is -2.36. The van der Waals surface area contributed by atoms with Gasteiger partial charge in [0.15, 0.2) is 0 Å². The highest BCUT2D eigenvalue weighted by Crippen LogP contribution is 2.27. The molecule has 6 heteroatoms. The van der Waals surface area contributed by atoms with E-state index in [-0.39, 0.29) is 18.4 Å². The van der Waals surface area contributed by atoms with E-state index in [2.05, 4.69) is 33.7 Å². The van der Waals surface area contributed by atoms with Crippen molar-refractivity contribution in [1.29, 1.82) is 0 Å². The quantitative estimate of drug-likeness (QED) is 0.848. The Bertz CT molecular complexity index is 610. The third-order valence-corrected chi connectivity index (χ3v) is 5.92. The number of amides is 2. The molecule has 1 aromatic carbocycles. The Morgan fingerprint density at radius 3 is 2.65 bits per heavy atom. The summed E-state index contributed by atoms with van der Waals surface area (Å²) in [6.45, 7) is 5.63. The van der Waals surface area contributed by atoms with Gasteiger partial charge in [0.1, 0.15) is 0 Å². The van der Waals surface area contributed by atoms with Crippen molar-refractivity contribution in [1.82, 2.24) is 15.1 Å². The number of benzene rings is 1. The molecule has 1 aliphatic carbocycles. The van der Waals surface area contributed by atoms with Crippen molar-refractivity contribution in [2.24, 2.45) is 0 Å². The summed E-state index contributed by atoms with van der Waals surface area (Å²) in [5.74, 6) is 0. The molecule has 0 atom stereocenters. The number of para-hydroxylation sites is 1. The second kappa shape index (κ2) is 8.96. The lowest BCUT2D eigenvalue weighted by molar-refractivity contribution is 0.132. The van der Waals surface area contributed by atoms with Gasteiger partial charge in [-0.3, -0.25) is 4.90 Å². The highest BCUT2D eigenvalue weighted by atomic mass is 35.5. The summed E-state index contributed by atoms with van der Waals surface area (Å²) >= 11 is 0. The zero-order valence-corrected chi connectivity index (χ0v) is 16.3. The molecule has 3 aliphatic rings. The largest absolute Gasteiger partial charge is 0.384 e. The van der Waals surface area contributed by atoms with E-state index in [0.717, 1.165) is 58.5 Å². The molecule has 2 amide bonds. The Hall–Kier alpha value is -1.46. The van der Waals surface area contributed by atoms with Crippen LogP contribution >= 0.6 is 12.4 Å². The van der Waals surface area contributed by atoms with Crippen LogP contribution in [0.3, 0.4) is 0 Å². The Labute approximate surface area is 162 Å². The normalized spacial score (nSPS) is 20.8. The summed E-state index contributed by atoms with van der Waals surface area (Å²) in [5, 5.41) is 6.78. The number of urea groups is 1. The van der Waals surface area contributed by atoms with E-state index < -0.39 is 0 Å². The smallest absolute Gasteiger partial charge is 0.317 e. The minimum Gasteiger partial charge on any atom is -0.384 e. The average molecular weight is 379 g/mol. The molecule has 0 spiro atoms. The van der Waals surface area contributed by atoms with Crippen LogP contribution in [-0.2, 0) is 13.0 Å². The van der Waals surface area contributed by atoms with E-state index in [9.17, 15) is 4.79 Å². The first-order valence-electron chi connectivity index (χ1n) is 9.92. The van der Waals surface area contributed by atoms with Gasteiger partial charge in [-0.25, -0.2) is 4.79 Å². The second-order valence-corrected chi connectivity index (χ2v) is 7.68. The highest BCUT2D eigenvalue weighted by Gasteiger charge is 2.24. The lowest BCUT2D eigenvalue weighted by atomic mass is 9.96. The Morgan fingerprint density at radius 2 is 1.88 bits per heavy atom. The van der Waals surface area contributed by atoms with E-state index in [1.807, 2.05) is 4.90 Å². The van der Waals surface area contributed by atoms with Crippen molar-refractivity contribution in [2.45, 2.75) is 51.1 Å². The molecule has 5 nitrogen and oxygen atoms in total. The fourth-order valence-electron chi connectivity index (χ4n) is 4.41. The van der Waals surface area contributed by atoms with Crippen LogP contribution in [0.15, 0.2) is 18.2 Å². The molecule has 0 aromatic heterocycles. The number of rotatable bonds is 3. The fourth-order valence-corrected chi connectivity index (χ4v) is 4.41. The van der Waals surface area contributed by atoms with Crippen molar-refractivity contribution < 1.29 is 4.79 Å². The van der Waals surface area contributed by atoms with Crippen molar-refractivity contribution in [3.05, 3.63) is 29.3 Å². The molecule has 2 N–H and O–H groups in total. The Balaban J connectivity index is 0.00000196. The summed E-state index contributed by atoms with van der Waals surface area (Å²) in [5.41, 5.74) is 4.19. The molecule has 0 bridgehead atoms. The SMILES string of the molecule is Cl.O=C(NC1CCCCC1)N1CCN(Cc2cccc3c2NCC3)CC1. The molecular weight excluding hydrogens is 348 g/mol. The van der Waals surface area contributed by atoms with Crippen LogP contribution in [0.2, 0.25) is 0 Å². The number of halogens is 1. The number of carbonyl (C=O) groups is 1. The molecule has 26 heavy (non-hydrogen) atoms.